The fourth-order valence-electron chi connectivity index (χ4n) is 2.80. The quantitative estimate of drug-likeness (QED) is 0.813. The number of ether oxygens (including phenoxy) is 3. The minimum absolute atomic E-state index is 0.0617. The molecule has 3 rings (SSSR count). The highest BCUT2D eigenvalue weighted by Crippen LogP contribution is 2.42. The molecule has 1 saturated heterocycles. The van der Waals surface area contributed by atoms with E-state index in [4.69, 9.17) is 14.2 Å². The number of rotatable bonds is 4. The molecule has 118 valence electrons. The van der Waals surface area contributed by atoms with Gasteiger partial charge in [0.25, 0.3) is 0 Å². The highest BCUT2D eigenvalue weighted by Gasteiger charge is 2.25. The summed E-state index contributed by atoms with van der Waals surface area (Å²) in [7, 11) is 3.27. The van der Waals surface area contributed by atoms with Crippen LogP contribution in [0.4, 0.5) is 0 Å². The molecule has 1 aliphatic heterocycles. The van der Waals surface area contributed by atoms with Crippen molar-refractivity contribution in [2.24, 2.45) is 0 Å². The van der Waals surface area contributed by atoms with Gasteiger partial charge in [0, 0.05) is 22.2 Å². The molecular formula is C16H19NO4S. The predicted molar refractivity (Wildman–Crippen MR) is 86.0 cm³/mol. The zero-order valence-electron chi connectivity index (χ0n) is 12.9. The van der Waals surface area contributed by atoms with Gasteiger partial charge >= 0.3 is 0 Å². The van der Waals surface area contributed by atoms with Crippen LogP contribution < -0.4 is 9.47 Å². The van der Waals surface area contributed by atoms with E-state index in [1.165, 1.54) is 5.56 Å². The zero-order valence-corrected chi connectivity index (χ0v) is 13.7. The van der Waals surface area contributed by atoms with Crippen LogP contribution in [0.2, 0.25) is 0 Å². The molecule has 1 atom stereocenters. The van der Waals surface area contributed by atoms with Gasteiger partial charge in [0.15, 0.2) is 11.5 Å². The third-order valence-electron chi connectivity index (χ3n) is 4.02. The molecule has 1 aromatic carbocycles. The van der Waals surface area contributed by atoms with Gasteiger partial charge < -0.3 is 19.1 Å². The molecule has 2 heterocycles. The van der Waals surface area contributed by atoms with Crippen molar-refractivity contribution in [2.75, 3.05) is 33.9 Å². The van der Waals surface area contributed by atoms with Crippen LogP contribution in [-0.2, 0) is 9.53 Å². The van der Waals surface area contributed by atoms with Gasteiger partial charge in [0.1, 0.15) is 6.10 Å². The summed E-state index contributed by atoms with van der Waals surface area (Å²) in [6.07, 6.45) is 0.831. The maximum absolute atomic E-state index is 11.0. The van der Waals surface area contributed by atoms with E-state index in [1.54, 1.807) is 30.5 Å². The summed E-state index contributed by atoms with van der Waals surface area (Å²) in [5.74, 6) is 1.45. The molecular weight excluding hydrogens is 302 g/mol. The Kier molecular flexibility index (Phi) is 4.22. The minimum Gasteiger partial charge on any atom is -0.493 e. The second-order valence-electron chi connectivity index (χ2n) is 5.25. The van der Waals surface area contributed by atoms with Gasteiger partial charge in [0.05, 0.1) is 27.4 Å². The maximum atomic E-state index is 11.0. The molecule has 0 aliphatic carbocycles. The SMILES string of the molecule is COc1cc2sc(C3CN(C=O)CCO3)c(C)c2cc1OC. The first-order valence-electron chi connectivity index (χ1n) is 7.14. The average molecular weight is 321 g/mol. The number of aryl methyl sites for hydroxylation is 1. The van der Waals surface area contributed by atoms with Crippen LogP contribution in [0.15, 0.2) is 12.1 Å². The lowest BCUT2D eigenvalue weighted by molar-refractivity contribution is -0.125. The van der Waals surface area contributed by atoms with Crippen molar-refractivity contribution in [1.82, 2.24) is 4.90 Å². The number of benzene rings is 1. The molecule has 1 unspecified atom stereocenters. The molecule has 0 bridgehead atoms. The summed E-state index contributed by atoms with van der Waals surface area (Å²) >= 11 is 1.69. The van der Waals surface area contributed by atoms with Crippen molar-refractivity contribution in [1.29, 1.82) is 0 Å². The number of morpholine rings is 1. The number of amides is 1. The minimum atomic E-state index is -0.0617. The van der Waals surface area contributed by atoms with Crippen LogP contribution in [-0.4, -0.2) is 45.2 Å². The first kappa shape index (κ1) is 15.1. The highest BCUT2D eigenvalue weighted by atomic mass is 32.1. The van der Waals surface area contributed by atoms with Crippen molar-refractivity contribution in [3.8, 4) is 11.5 Å². The molecule has 1 fully saturated rings. The van der Waals surface area contributed by atoms with Gasteiger partial charge in [-0.05, 0) is 23.9 Å². The summed E-state index contributed by atoms with van der Waals surface area (Å²) in [6, 6.07) is 4.00. The highest BCUT2D eigenvalue weighted by molar-refractivity contribution is 7.19. The fourth-order valence-corrected chi connectivity index (χ4v) is 4.06. The Morgan fingerprint density at radius 1 is 1.32 bits per heavy atom. The second kappa shape index (κ2) is 6.14. The van der Waals surface area contributed by atoms with E-state index in [9.17, 15) is 4.79 Å². The molecule has 0 N–H and O–H groups in total. The van der Waals surface area contributed by atoms with Gasteiger partial charge in [-0.3, -0.25) is 4.79 Å². The summed E-state index contributed by atoms with van der Waals surface area (Å²) in [5, 5.41) is 1.14. The number of thiophene rings is 1. The number of carbonyl (C=O) groups excluding carboxylic acids is 1. The lowest BCUT2D eigenvalue weighted by atomic mass is 10.1. The summed E-state index contributed by atoms with van der Waals surface area (Å²) in [4.78, 5) is 13.9. The third kappa shape index (κ3) is 2.53. The monoisotopic (exact) mass is 321 g/mol. The second-order valence-corrected chi connectivity index (χ2v) is 6.34. The van der Waals surface area contributed by atoms with E-state index >= 15 is 0 Å². The zero-order chi connectivity index (χ0) is 15.7. The number of fused-ring (bicyclic) bond motifs is 1. The molecule has 0 radical (unpaired) electrons. The Morgan fingerprint density at radius 2 is 2.05 bits per heavy atom. The maximum Gasteiger partial charge on any atom is 0.209 e. The van der Waals surface area contributed by atoms with Gasteiger partial charge in [-0.25, -0.2) is 0 Å². The first-order valence-corrected chi connectivity index (χ1v) is 7.95. The van der Waals surface area contributed by atoms with Crippen LogP contribution >= 0.6 is 11.3 Å². The Labute approximate surface area is 133 Å². The Morgan fingerprint density at radius 3 is 2.73 bits per heavy atom. The van der Waals surface area contributed by atoms with E-state index in [1.807, 2.05) is 12.1 Å². The average Bonchev–Trinajstić information content (AvgIpc) is 2.89. The molecule has 1 amide bonds. The Bertz CT molecular complexity index is 697. The van der Waals surface area contributed by atoms with E-state index in [0.29, 0.717) is 19.7 Å². The number of carbonyl (C=O) groups is 1. The molecule has 22 heavy (non-hydrogen) atoms. The summed E-state index contributed by atoms with van der Waals surface area (Å²) in [6.45, 7) is 3.92. The van der Waals surface area contributed by atoms with Crippen LogP contribution in [0.25, 0.3) is 10.1 Å². The van der Waals surface area contributed by atoms with Crippen molar-refractivity contribution >= 4 is 27.8 Å². The standard InChI is InChI=1S/C16H19NO4S/c1-10-11-6-12(19-2)13(20-3)7-15(11)22-16(10)14-8-17(9-18)4-5-21-14/h6-7,9,14H,4-5,8H2,1-3H3. The number of nitrogens with zero attached hydrogens (tertiary/aromatic N) is 1. The number of methoxy groups -OCH3 is 2. The van der Waals surface area contributed by atoms with Crippen molar-refractivity contribution in [2.45, 2.75) is 13.0 Å². The normalized spacial score (nSPS) is 18.5. The Balaban J connectivity index is 2.03. The van der Waals surface area contributed by atoms with Gasteiger partial charge in [-0.2, -0.15) is 0 Å². The lowest BCUT2D eigenvalue weighted by Crippen LogP contribution is -2.37. The predicted octanol–water partition coefficient (Wildman–Crippen LogP) is 2.76. The van der Waals surface area contributed by atoms with Crippen molar-refractivity contribution < 1.29 is 19.0 Å². The van der Waals surface area contributed by atoms with Crippen LogP contribution in [0, 0.1) is 6.92 Å². The molecule has 6 heteroatoms. The lowest BCUT2D eigenvalue weighted by Gasteiger charge is -2.30. The molecule has 0 spiro atoms. The number of hydrogen-bond acceptors (Lipinski definition) is 5. The third-order valence-corrected chi connectivity index (χ3v) is 5.37. The summed E-state index contributed by atoms with van der Waals surface area (Å²) in [5.41, 5.74) is 1.18. The topological polar surface area (TPSA) is 48.0 Å². The van der Waals surface area contributed by atoms with Crippen LogP contribution in [0.1, 0.15) is 16.5 Å². The fraction of sp³-hybridized carbons (Fsp3) is 0.438. The molecule has 2 aromatic rings. The molecule has 5 nitrogen and oxygen atoms in total. The van der Waals surface area contributed by atoms with Crippen molar-refractivity contribution in [3.63, 3.8) is 0 Å². The Hall–Kier alpha value is -1.79. The first-order chi connectivity index (χ1) is 10.7. The molecule has 0 saturated carbocycles. The largest absolute Gasteiger partial charge is 0.493 e. The van der Waals surface area contributed by atoms with E-state index in [0.717, 1.165) is 32.9 Å². The van der Waals surface area contributed by atoms with Gasteiger partial charge in [0.2, 0.25) is 6.41 Å². The summed E-state index contributed by atoms with van der Waals surface area (Å²) < 4.78 is 17.8. The van der Waals surface area contributed by atoms with Gasteiger partial charge in [-0.1, -0.05) is 0 Å². The van der Waals surface area contributed by atoms with E-state index < -0.39 is 0 Å². The van der Waals surface area contributed by atoms with E-state index in [2.05, 4.69) is 6.92 Å². The molecule has 1 aromatic heterocycles. The number of hydrogen-bond donors (Lipinski definition) is 0. The van der Waals surface area contributed by atoms with E-state index in [-0.39, 0.29) is 6.10 Å². The molecule has 1 aliphatic rings. The van der Waals surface area contributed by atoms with Gasteiger partial charge in [-0.15, -0.1) is 11.3 Å². The van der Waals surface area contributed by atoms with Crippen LogP contribution in [0.5, 0.6) is 11.5 Å². The smallest absolute Gasteiger partial charge is 0.209 e. The van der Waals surface area contributed by atoms with Crippen LogP contribution in [0.3, 0.4) is 0 Å². The van der Waals surface area contributed by atoms with Crippen molar-refractivity contribution in [3.05, 3.63) is 22.6 Å².